The maximum Gasteiger partial charge on any atom is 0.241 e. The first-order valence-corrected chi connectivity index (χ1v) is 9.70. The molecule has 0 bridgehead atoms. The standard InChI is InChI=1S/C18H22N2O5S/c1-24-16-10-8-15(9-11-16)20(26(3,22)23)13-18(21)19-12-14-6-4-5-7-17(14)25-2/h4-11H,12-13H2,1-3H3,(H,19,21). The first kappa shape index (κ1) is 19.6. The van der Waals surface area contributed by atoms with E-state index in [1.165, 1.54) is 7.11 Å². The number of ether oxygens (including phenoxy) is 2. The highest BCUT2D eigenvalue weighted by Gasteiger charge is 2.21. The fourth-order valence-electron chi connectivity index (χ4n) is 2.38. The molecule has 0 saturated carbocycles. The number of nitrogens with one attached hydrogen (secondary N) is 1. The van der Waals surface area contributed by atoms with Crippen molar-refractivity contribution in [3.05, 3.63) is 54.1 Å². The van der Waals surface area contributed by atoms with Crippen LogP contribution < -0.4 is 19.1 Å². The molecule has 8 heteroatoms. The maximum atomic E-state index is 12.3. The number of para-hydroxylation sites is 1. The molecule has 1 N–H and O–H groups in total. The summed E-state index contributed by atoms with van der Waals surface area (Å²) in [7, 11) is -0.548. The number of carbonyl (C=O) groups is 1. The molecule has 7 nitrogen and oxygen atoms in total. The van der Waals surface area contributed by atoms with Crippen molar-refractivity contribution < 1.29 is 22.7 Å². The van der Waals surface area contributed by atoms with Crippen molar-refractivity contribution in [1.82, 2.24) is 5.32 Å². The van der Waals surface area contributed by atoms with Gasteiger partial charge in [0, 0.05) is 12.1 Å². The van der Waals surface area contributed by atoms with Crippen LogP contribution in [0.3, 0.4) is 0 Å². The highest BCUT2D eigenvalue weighted by atomic mass is 32.2. The van der Waals surface area contributed by atoms with Gasteiger partial charge in [-0.1, -0.05) is 18.2 Å². The molecule has 140 valence electrons. The molecule has 0 aliphatic rings. The summed E-state index contributed by atoms with van der Waals surface area (Å²) in [5.41, 5.74) is 1.19. The summed E-state index contributed by atoms with van der Waals surface area (Å²) >= 11 is 0. The van der Waals surface area contributed by atoms with Crippen LogP contribution >= 0.6 is 0 Å². The Hall–Kier alpha value is -2.74. The lowest BCUT2D eigenvalue weighted by atomic mass is 10.2. The van der Waals surface area contributed by atoms with Crippen LogP contribution in [0.1, 0.15) is 5.56 Å². The molecule has 2 aromatic rings. The minimum Gasteiger partial charge on any atom is -0.497 e. The van der Waals surface area contributed by atoms with Crippen molar-refractivity contribution in [2.45, 2.75) is 6.54 Å². The van der Waals surface area contributed by atoms with Gasteiger partial charge in [0.1, 0.15) is 18.0 Å². The van der Waals surface area contributed by atoms with Crippen LogP contribution in [0.5, 0.6) is 11.5 Å². The minimum atomic E-state index is -3.62. The number of rotatable bonds is 8. The molecule has 0 aliphatic heterocycles. The first-order chi connectivity index (χ1) is 12.3. The zero-order valence-electron chi connectivity index (χ0n) is 14.9. The molecule has 0 atom stereocenters. The Balaban J connectivity index is 2.09. The number of anilines is 1. The van der Waals surface area contributed by atoms with Crippen LogP contribution in [-0.2, 0) is 21.4 Å². The van der Waals surface area contributed by atoms with E-state index in [0.29, 0.717) is 17.2 Å². The summed E-state index contributed by atoms with van der Waals surface area (Å²) in [5.74, 6) is 0.836. The molecule has 0 fully saturated rings. The Morgan fingerprint density at radius 2 is 1.69 bits per heavy atom. The van der Waals surface area contributed by atoms with E-state index in [1.54, 1.807) is 37.4 Å². The minimum absolute atomic E-state index is 0.239. The SMILES string of the molecule is COc1ccc(N(CC(=O)NCc2ccccc2OC)S(C)(=O)=O)cc1. The number of sulfonamides is 1. The number of benzene rings is 2. The van der Waals surface area contributed by atoms with Crippen LogP contribution in [0.25, 0.3) is 0 Å². The Kier molecular flexibility index (Phi) is 6.46. The second-order valence-corrected chi connectivity index (χ2v) is 7.46. The third-order valence-corrected chi connectivity index (χ3v) is 4.86. The van der Waals surface area contributed by atoms with Gasteiger partial charge in [-0.25, -0.2) is 8.42 Å². The number of hydrogen-bond acceptors (Lipinski definition) is 5. The summed E-state index contributed by atoms with van der Waals surface area (Å²) in [6.07, 6.45) is 1.06. The van der Waals surface area contributed by atoms with Crippen LogP contribution in [0.2, 0.25) is 0 Å². The van der Waals surface area contributed by atoms with Gasteiger partial charge in [-0.05, 0) is 30.3 Å². The number of hydrogen-bond donors (Lipinski definition) is 1. The summed E-state index contributed by atoms with van der Waals surface area (Å²) < 4.78 is 35.5. The van der Waals surface area contributed by atoms with Gasteiger partial charge < -0.3 is 14.8 Å². The van der Waals surface area contributed by atoms with Crippen LogP contribution in [0.15, 0.2) is 48.5 Å². The Morgan fingerprint density at radius 1 is 1.04 bits per heavy atom. The summed E-state index contributed by atoms with van der Waals surface area (Å²) in [6, 6.07) is 13.8. The predicted molar refractivity (Wildman–Crippen MR) is 100 cm³/mol. The van der Waals surface area contributed by atoms with Crippen molar-refractivity contribution in [2.75, 3.05) is 31.3 Å². The summed E-state index contributed by atoms with van der Waals surface area (Å²) in [4.78, 5) is 12.3. The monoisotopic (exact) mass is 378 g/mol. The van der Waals surface area contributed by atoms with E-state index in [2.05, 4.69) is 5.32 Å². The molecular weight excluding hydrogens is 356 g/mol. The quantitative estimate of drug-likeness (QED) is 0.757. The molecule has 0 radical (unpaired) electrons. The van der Waals surface area contributed by atoms with E-state index < -0.39 is 15.9 Å². The largest absolute Gasteiger partial charge is 0.497 e. The molecule has 0 saturated heterocycles. The predicted octanol–water partition coefficient (Wildman–Crippen LogP) is 1.79. The topological polar surface area (TPSA) is 84.9 Å². The van der Waals surface area contributed by atoms with Gasteiger partial charge in [0.05, 0.1) is 26.2 Å². The van der Waals surface area contributed by atoms with E-state index in [0.717, 1.165) is 16.1 Å². The second kappa shape index (κ2) is 8.57. The maximum absolute atomic E-state index is 12.3. The van der Waals surface area contributed by atoms with Gasteiger partial charge in [-0.3, -0.25) is 9.10 Å². The Morgan fingerprint density at radius 3 is 2.27 bits per heavy atom. The first-order valence-electron chi connectivity index (χ1n) is 7.85. The van der Waals surface area contributed by atoms with Crippen molar-refractivity contribution in [2.24, 2.45) is 0 Å². The lowest BCUT2D eigenvalue weighted by Crippen LogP contribution is -2.40. The average molecular weight is 378 g/mol. The van der Waals surface area contributed by atoms with Gasteiger partial charge in [-0.2, -0.15) is 0 Å². The van der Waals surface area contributed by atoms with Gasteiger partial charge in [0.2, 0.25) is 15.9 Å². The third kappa shape index (κ3) is 5.13. The molecular formula is C18H22N2O5S. The molecule has 26 heavy (non-hydrogen) atoms. The Labute approximate surface area is 153 Å². The van der Waals surface area contributed by atoms with E-state index >= 15 is 0 Å². The highest BCUT2D eigenvalue weighted by Crippen LogP contribution is 2.21. The van der Waals surface area contributed by atoms with Crippen LogP contribution in [0, 0.1) is 0 Å². The van der Waals surface area contributed by atoms with Gasteiger partial charge in [0.15, 0.2) is 0 Å². The molecule has 2 rings (SSSR count). The molecule has 0 heterocycles. The fourth-order valence-corrected chi connectivity index (χ4v) is 3.23. The van der Waals surface area contributed by atoms with Crippen molar-refractivity contribution in [3.63, 3.8) is 0 Å². The second-order valence-electron chi connectivity index (χ2n) is 5.56. The van der Waals surface area contributed by atoms with E-state index in [9.17, 15) is 13.2 Å². The average Bonchev–Trinajstić information content (AvgIpc) is 2.64. The lowest BCUT2D eigenvalue weighted by Gasteiger charge is -2.22. The van der Waals surface area contributed by atoms with Gasteiger partial charge in [-0.15, -0.1) is 0 Å². The molecule has 0 aliphatic carbocycles. The van der Waals surface area contributed by atoms with Crippen molar-refractivity contribution in [3.8, 4) is 11.5 Å². The lowest BCUT2D eigenvalue weighted by molar-refractivity contribution is -0.119. The molecule has 0 unspecified atom stereocenters. The van der Waals surface area contributed by atoms with E-state index in [-0.39, 0.29) is 13.1 Å². The molecule has 1 amide bonds. The highest BCUT2D eigenvalue weighted by molar-refractivity contribution is 7.92. The zero-order valence-corrected chi connectivity index (χ0v) is 15.7. The van der Waals surface area contributed by atoms with Crippen molar-refractivity contribution >= 4 is 21.6 Å². The van der Waals surface area contributed by atoms with E-state index in [4.69, 9.17) is 9.47 Å². The zero-order chi connectivity index (χ0) is 19.2. The van der Waals surface area contributed by atoms with Gasteiger partial charge >= 0.3 is 0 Å². The smallest absolute Gasteiger partial charge is 0.241 e. The molecule has 0 aromatic heterocycles. The fraction of sp³-hybridized carbons (Fsp3) is 0.278. The molecule has 0 spiro atoms. The van der Waals surface area contributed by atoms with Gasteiger partial charge in [0.25, 0.3) is 0 Å². The number of nitrogens with zero attached hydrogens (tertiary/aromatic N) is 1. The van der Waals surface area contributed by atoms with Crippen LogP contribution in [0.4, 0.5) is 5.69 Å². The summed E-state index contributed by atoms with van der Waals surface area (Å²) in [5, 5.41) is 2.72. The third-order valence-electron chi connectivity index (χ3n) is 3.72. The number of methoxy groups -OCH3 is 2. The normalized spacial score (nSPS) is 10.9. The Bertz CT molecular complexity index is 850. The summed E-state index contributed by atoms with van der Waals surface area (Å²) in [6.45, 7) is -0.0800. The van der Waals surface area contributed by atoms with E-state index in [1.807, 2.05) is 18.2 Å². The van der Waals surface area contributed by atoms with Crippen LogP contribution in [-0.4, -0.2) is 41.3 Å². The molecule has 2 aromatic carbocycles. The number of amides is 1. The number of carbonyl (C=O) groups excluding carboxylic acids is 1. The van der Waals surface area contributed by atoms with Crippen molar-refractivity contribution in [1.29, 1.82) is 0 Å².